The van der Waals surface area contributed by atoms with Crippen molar-refractivity contribution in [2.24, 2.45) is 4.99 Å². The van der Waals surface area contributed by atoms with E-state index in [4.69, 9.17) is 17.6 Å². The molecule has 0 N–H and O–H groups in total. The Balaban J connectivity index is 1.91. The first kappa shape index (κ1) is 17.2. The molecule has 0 aromatic heterocycles. The predicted molar refractivity (Wildman–Crippen MR) is 102 cm³/mol. The van der Waals surface area contributed by atoms with Crippen molar-refractivity contribution in [3.8, 4) is 5.75 Å². The lowest BCUT2D eigenvalue weighted by molar-refractivity contribution is -0.132. The number of amidine groups is 1. The molecule has 7 heteroatoms. The summed E-state index contributed by atoms with van der Waals surface area (Å²) in [5.74, 6) is -0.00990. The van der Waals surface area contributed by atoms with Crippen LogP contribution in [0.5, 0.6) is 5.75 Å². The van der Waals surface area contributed by atoms with E-state index in [2.05, 4.69) is 0 Å². The topological polar surface area (TPSA) is 41.9 Å². The van der Waals surface area contributed by atoms with Crippen LogP contribution in [0.1, 0.15) is 23.7 Å². The highest BCUT2D eigenvalue weighted by Gasteiger charge is 2.54. The molecule has 2 aliphatic rings. The Kier molecular flexibility index (Phi) is 4.06. The van der Waals surface area contributed by atoms with Gasteiger partial charge in [0, 0.05) is 24.6 Å². The van der Waals surface area contributed by atoms with Gasteiger partial charge in [-0.3, -0.25) is 9.69 Å². The Labute approximate surface area is 156 Å². The molecule has 130 valence electrons. The molecule has 0 fully saturated rings. The van der Waals surface area contributed by atoms with Crippen LogP contribution in [0, 0.1) is 5.82 Å². The smallest absolute Gasteiger partial charge is 0.261 e. The molecule has 2 unspecified atom stereocenters. The lowest BCUT2D eigenvalue weighted by atomic mass is 9.78. The number of hydrogen-bond donors (Lipinski definition) is 0. The summed E-state index contributed by atoms with van der Waals surface area (Å²) in [6.45, 7) is 0. The second kappa shape index (κ2) is 6.16. The summed E-state index contributed by atoms with van der Waals surface area (Å²) in [6.07, 6.45) is 1.47. The fraction of sp³-hybridized carbons (Fsp3) is 0.263. The van der Waals surface area contributed by atoms with Crippen LogP contribution in [0.2, 0.25) is 0 Å². The predicted octanol–water partition coefficient (Wildman–Crippen LogP) is 2.53. The van der Waals surface area contributed by atoms with Gasteiger partial charge in [0.2, 0.25) is 0 Å². The van der Waals surface area contributed by atoms with Crippen molar-refractivity contribution >= 4 is 36.1 Å². The minimum Gasteiger partial charge on any atom is -0.485 e. The molecule has 4 nitrogen and oxygen atoms in total. The summed E-state index contributed by atoms with van der Waals surface area (Å²) in [5.41, 5.74) is 0.422. The molecule has 4 rings (SSSR count). The molecular weight excluding hydrogens is 350 g/mol. The van der Waals surface area contributed by atoms with Crippen LogP contribution in [0.15, 0.2) is 47.5 Å². The number of carbonyl (C=O) groups is 1. The number of hydrogen-bond acceptors (Lipinski definition) is 4. The highest BCUT2D eigenvalue weighted by atomic mass is 32.2. The molecule has 2 aromatic carbocycles. The lowest BCUT2D eigenvalue weighted by Crippen LogP contribution is -2.43. The monoisotopic (exact) mass is 366 g/mol. The zero-order valence-corrected chi connectivity index (χ0v) is 15.2. The Bertz CT molecular complexity index is 936. The third kappa shape index (κ3) is 2.45. The number of carbonyl (C=O) groups excluding carboxylic acids is 1. The summed E-state index contributed by atoms with van der Waals surface area (Å²) in [6, 6.07) is 11.6. The summed E-state index contributed by atoms with van der Waals surface area (Å²) in [5, 5.41) is 0.623. The van der Waals surface area contributed by atoms with Crippen LogP contribution in [-0.2, 0) is 10.3 Å². The van der Waals surface area contributed by atoms with Crippen LogP contribution in [0.3, 0.4) is 0 Å². The summed E-state index contributed by atoms with van der Waals surface area (Å²) in [7, 11) is 7.66. The summed E-state index contributed by atoms with van der Waals surface area (Å²) < 4.78 is 20.4. The second-order valence-corrected chi connectivity index (χ2v) is 7.18. The number of halogens is 1. The Morgan fingerprint density at radius 1 is 1.35 bits per heavy atom. The SMILES string of the molecule is [B]c1ccc2c(c1)C1(CC(c3ccccc3F)O2)N=C(SC)N(C)C1=O. The van der Waals surface area contributed by atoms with Crippen LogP contribution in [0.4, 0.5) is 4.39 Å². The molecule has 26 heavy (non-hydrogen) atoms. The van der Waals surface area contributed by atoms with E-state index in [9.17, 15) is 9.18 Å². The van der Waals surface area contributed by atoms with Crippen LogP contribution >= 0.6 is 11.8 Å². The number of benzene rings is 2. The number of rotatable bonds is 1. The van der Waals surface area contributed by atoms with E-state index in [1.54, 1.807) is 48.3 Å². The highest BCUT2D eigenvalue weighted by molar-refractivity contribution is 8.13. The summed E-state index contributed by atoms with van der Waals surface area (Å²) >= 11 is 1.40. The van der Waals surface area contributed by atoms with Crippen molar-refractivity contribution in [2.75, 3.05) is 13.3 Å². The van der Waals surface area contributed by atoms with Gasteiger partial charge < -0.3 is 4.74 Å². The van der Waals surface area contributed by atoms with Crippen molar-refractivity contribution in [2.45, 2.75) is 18.1 Å². The second-order valence-electron chi connectivity index (χ2n) is 6.41. The van der Waals surface area contributed by atoms with Gasteiger partial charge in [-0.2, -0.15) is 0 Å². The number of likely N-dealkylation sites (N-methyl/N-ethyl adjacent to an activating group) is 1. The van der Waals surface area contributed by atoms with Gasteiger partial charge in [0.05, 0.1) is 0 Å². The highest BCUT2D eigenvalue weighted by Crippen LogP contribution is 2.50. The van der Waals surface area contributed by atoms with Gasteiger partial charge in [-0.15, -0.1) is 0 Å². The fourth-order valence-electron chi connectivity index (χ4n) is 3.60. The van der Waals surface area contributed by atoms with Gasteiger partial charge in [0.1, 0.15) is 25.5 Å². The van der Waals surface area contributed by atoms with Gasteiger partial charge in [-0.05, 0) is 18.4 Å². The first-order valence-corrected chi connectivity index (χ1v) is 9.42. The number of fused-ring (bicyclic) bond motifs is 2. The van der Waals surface area contributed by atoms with E-state index in [-0.39, 0.29) is 18.1 Å². The van der Waals surface area contributed by atoms with Crippen LogP contribution < -0.4 is 10.2 Å². The average Bonchev–Trinajstić information content (AvgIpc) is 2.88. The Hall–Kier alpha value is -2.28. The minimum absolute atomic E-state index is 0.154. The molecule has 1 spiro atoms. The molecule has 0 saturated heterocycles. The molecule has 0 bridgehead atoms. The van der Waals surface area contributed by atoms with Crippen molar-refractivity contribution in [1.82, 2.24) is 4.90 Å². The zero-order valence-electron chi connectivity index (χ0n) is 14.4. The molecule has 2 atom stereocenters. The van der Waals surface area contributed by atoms with Crippen molar-refractivity contribution in [3.05, 3.63) is 59.4 Å². The number of aliphatic imine (C=N–C) groups is 1. The van der Waals surface area contributed by atoms with Gasteiger partial charge >= 0.3 is 0 Å². The molecule has 0 saturated carbocycles. The lowest BCUT2D eigenvalue weighted by Gasteiger charge is -2.37. The molecule has 1 amide bonds. The quantitative estimate of drug-likeness (QED) is 0.729. The van der Waals surface area contributed by atoms with Crippen LogP contribution in [0.25, 0.3) is 0 Å². The zero-order chi connectivity index (χ0) is 18.5. The first-order valence-electron chi connectivity index (χ1n) is 8.19. The van der Waals surface area contributed by atoms with Crippen molar-refractivity contribution in [3.63, 3.8) is 0 Å². The molecule has 2 aromatic rings. The molecule has 0 aliphatic carbocycles. The number of thioether (sulfide) groups is 1. The van der Waals surface area contributed by atoms with Gasteiger partial charge in [-0.25, -0.2) is 9.38 Å². The van der Waals surface area contributed by atoms with Gasteiger partial charge in [0.15, 0.2) is 10.7 Å². The number of amides is 1. The Morgan fingerprint density at radius 3 is 2.81 bits per heavy atom. The average molecular weight is 366 g/mol. The van der Waals surface area contributed by atoms with E-state index >= 15 is 0 Å². The Morgan fingerprint density at radius 2 is 2.12 bits per heavy atom. The van der Waals surface area contributed by atoms with E-state index in [1.165, 1.54) is 17.8 Å². The van der Waals surface area contributed by atoms with Crippen LogP contribution in [-0.4, -0.2) is 37.1 Å². The number of ether oxygens (including phenoxy) is 1. The van der Waals surface area contributed by atoms with Gasteiger partial charge in [-0.1, -0.05) is 47.6 Å². The maximum Gasteiger partial charge on any atom is 0.261 e. The van der Waals surface area contributed by atoms with E-state index in [0.29, 0.717) is 27.5 Å². The maximum atomic E-state index is 14.4. The van der Waals surface area contributed by atoms with E-state index in [0.717, 1.165) is 0 Å². The molecular formula is C19H16BFN2O2S. The molecule has 2 heterocycles. The number of nitrogens with zero attached hydrogens (tertiary/aromatic N) is 2. The minimum atomic E-state index is -1.15. The standard InChI is InChI=1S/C19H16BFN2O2S/c1-23-17(24)19(22-18(23)26-2)10-16(12-5-3-4-6-14(12)21)25-15-8-7-11(20)9-13(15)19/h3-9,16H,10H2,1-2H3. The fourth-order valence-corrected chi connectivity index (χ4v) is 4.20. The molecule has 2 aliphatic heterocycles. The van der Waals surface area contributed by atoms with E-state index in [1.807, 2.05) is 6.26 Å². The van der Waals surface area contributed by atoms with Crippen molar-refractivity contribution < 1.29 is 13.9 Å². The van der Waals surface area contributed by atoms with E-state index < -0.39 is 11.6 Å². The molecule has 2 radical (unpaired) electrons. The normalized spacial score (nSPS) is 24.4. The summed E-state index contributed by atoms with van der Waals surface area (Å²) in [4.78, 5) is 19.5. The third-order valence-electron chi connectivity index (χ3n) is 4.87. The first-order chi connectivity index (χ1) is 12.5. The maximum absolute atomic E-state index is 14.4. The van der Waals surface area contributed by atoms with Gasteiger partial charge in [0.25, 0.3) is 5.91 Å². The third-order valence-corrected chi connectivity index (χ3v) is 5.60. The largest absolute Gasteiger partial charge is 0.485 e. The van der Waals surface area contributed by atoms with Crippen molar-refractivity contribution in [1.29, 1.82) is 0 Å².